The molecule has 0 atom stereocenters. The molecule has 0 aromatic heterocycles. The summed E-state index contributed by atoms with van der Waals surface area (Å²) in [6.45, 7) is 4.14. The Bertz CT molecular complexity index is 212. The topological polar surface area (TPSA) is 9.23 Å². The van der Waals surface area contributed by atoms with Gasteiger partial charge in [-0.3, -0.25) is 0 Å². The molecule has 0 aliphatic carbocycles. The van der Waals surface area contributed by atoms with Gasteiger partial charge in [0.2, 0.25) is 0 Å². The van der Waals surface area contributed by atoms with Crippen molar-refractivity contribution in [2.75, 3.05) is 0 Å². The van der Waals surface area contributed by atoms with Crippen molar-refractivity contribution in [3.05, 3.63) is 29.3 Å². The van der Waals surface area contributed by atoms with Crippen LogP contribution in [0.15, 0.2) is 18.2 Å². The summed E-state index contributed by atoms with van der Waals surface area (Å²) in [4.78, 5) is 0. The van der Waals surface area contributed by atoms with Crippen LogP contribution in [0.25, 0.3) is 0 Å². The van der Waals surface area contributed by atoms with Crippen molar-refractivity contribution in [2.24, 2.45) is 0 Å². The first-order chi connectivity index (χ1) is 4.72. The predicted molar refractivity (Wildman–Crippen MR) is 36.5 cm³/mol. The van der Waals surface area contributed by atoms with E-state index in [0.29, 0.717) is 0 Å². The zero-order valence-electron chi connectivity index (χ0n) is 6.22. The van der Waals surface area contributed by atoms with Gasteiger partial charge in [-0.15, -0.1) is 0 Å². The normalized spacial score (nSPS) is 9.30. The fraction of sp³-hybridized carbons (Fsp3) is 0.250. The summed E-state index contributed by atoms with van der Waals surface area (Å²) in [6.07, 6.45) is 0. The van der Waals surface area contributed by atoms with E-state index in [0.717, 1.165) is 5.75 Å². The summed E-state index contributed by atoms with van der Waals surface area (Å²) in [5, 5.41) is 0. The van der Waals surface area contributed by atoms with Crippen LogP contribution in [0.2, 0.25) is 0 Å². The quantitative estimate of drug-likeness (QED) is 0.621. The molecule has 0 fully saturated rings. The molecule has 0 bridgehead atoms. The number of aryl methyl sites for hydroxylation is 2. The second-order valence-electron chi connectivity index (χ2n) is 2.44. The molecule has 1 aromatic carbocycles. The predicted octanol–water partition coefficient (Wildman–Crippen LogP) is 2.14. The van der Waals surface area contributed by atoms with Gasteiger partial charge >= 0.3 is 76.6 Å². The molecule has 50 valence electrons. The second-order valence-corrected chi connectivity index (χ2v) is 2.81. The van der Waals surface area contributed by atoms with Gasteiger partial charge in [-0.05, 0) is 0 Å². The molecule has 0 unspecified atom stereocenters. The van der Waals surface area contributed by atoms with E-state index in [9.17, 15) is 0 Å². The van der Waals surface area contributed by atoms with Gasteiger partial charge in [0.25, 0.3) is 0 Å². The second kappa shape index (κ2) is 3.33. The van der Waals surface area contributed by atoms with Crippen LogP contribution >= 0.6 is 0 Å². The summed E-state index contributed by atoms with van der Waals surface area (Å²) in [5.74, 6) is 0.970. The molecular weight excluding hydrogens is 157 g/mol. The Morgan fingerprint density at radius 3 is 2.00 bits per heavy atom. The molecule has 0 aliphatic rings. The molecule has 0 spiro atoms. The first-order valence-corrected chi connectivity index (χ1v) is 3.91. The molecule has 0 saturated heterocycles. The molecule has 1 aromatic rings. The fourth-order valence-electron chi connectivity index (χ4n) is 1.00. The minimum atomic E-state index is 0.970. The molecule has 0 heterocycles. The van der Waals surface area contributed by atoms with Crippen molar-refractivity contribution in [3.8, 4) is 5.75 Å². The Balaban J connectivity index is 3.06. The monoisotopic (exact) mass is 166 g/mol. The van der Waals surface area contributed by atoms with Crippen LogP contribution in [0.5, 0.6) is 5.75 Å². The van der Waals surface area contributed by atoms with E-state index in [-0.39, 0.29) is 0 Å². The number of benzene rings is 1. The van der Waals surface area contributed by atoms with Gasteiger partial charge in [0, 0.05) is 0 Å². The Morgan fingerprint density at radius 2 is 1.60 bits per heavy atom. The molecule has 2 heteroatoms. The molecule has 1 nitrogen and oxygen atoms in total. The van der Waals surface area contributed by atoms with Gasteiger partial charge in [0.15, 0.2) is 0 Å². The van der Waals surface area contributed by atoms with Gasteiger partial charge in [-0.1, -0.05) is 0 Å². The van der Waals surface area contributed by atoms with Crippen LogP contribution in [0, 0.1) is 13.8 Å². The number of hydrogen-bond acceptors (Lipinski definition) is 1. The average Bonchev–Trinajstić information content (AvgIpc) is 1.85. The Hall–Kier alpha value is -0.110. The van der Waals surface area contributed by atoms with E-state index in [2.05, 4.69) is 19.9 Å². The number of hydrogen-bond donors (Lipinski definition) is 0. The van der Waals surface area contributed by atoms with Crippen molar-refractivity contribution < 1.29 is 27.7 Å². The van der Waals surface area contributed by atoms with Gasteiger partial charge in [0.05, 0.1) is 0 Å². The maximum absolute atomic E-state index is 5.14. The standard InChI is InChI=1S/C8H10O.Sc/c1-6-3-7(2)5-8(9)4-6;/h3-5,9H,1-2H3;/q;+1/p-1. The Kier molecular flexibility index (Phi) is 2.66. The number of rotatable bonds is 1. The first-order valence-electron chi connectivity index (χ1n) is 3.17. The average molecular weight is 166 g/mol. The van der Waals surface area contributed by atoms with Gasteiger partial charge < -0.3 is 0 Å². The van der Waals surface area contributed by atoms with E-state index in [1.165, 1.54) is 35.9 Å². The van der Waals surface area contributed by atoms with E-state index in [1.807, 2.05) is 12.1 Å². The molecular formula is C8H9OSc. The zero-order valence-corrected chi connectivity index (χ0v) is 8.02. The Morgan fingerprint density at radius 1 is 1.10 bits per heavy atom. The third kappa shape index (κ3) is 1.94. The summed E-state index contributed by atoms with van der Waals surface area (Å²) in [7, 11) is 0. The first kappa shape index (κ1) is 7.99. The van der Waals surface area contributed by atoms with E-state index in [1.54, 1.807) is 0 Å². The van der Waals surface area contributed by atoms with Crippen molar-refractivity contribution in [2.45, 2.75) is 13.8 Å². The van der Waals surface area contributed by atoms with Crippen LogP contribution in [0.3, 0.4) is 0 Å². The van der Waals surface area contributed by atoms with E-state index in [4.69, 9.17) is 2.85 Å². The molecule has 0 amide bonds. The van der Waals surface area contributed by atoms with Crippen molar-refractivity contribution >= 4 is 0 Å². The molecule has 10 heavy (non-hydrogen) atoms. The van der Waals surface area contributed by atoms with Crippen molar-refractivity contribution in [3.63, 3.8) is 0 Å². The van der Waals surface area contributed by atoms with Crippen molar-refractivity contribution in [1.82, 2.24) is 0 Å². The minimum absolute atomic E-state index is 0.970. The van der Waals surface area contributed by atoms with Gasteiger partial charge in [-0.25, -0.2) is 0 Å². The molecule has 0 saturated carbocycles. The van der Waals surface area contributed by atoms with E-state index < -0.39 is 0 Å². The Labute approximate surface area is 76.6 Å². The van der Waals surface area contributed by atoms with Crippen LogP contribution in [-0.2, 0) is 24.8 Å². The summed E-state index contributed by atoms with van der Waals surface area (Å²) in [5.41, 5.74) is 2.51. The molecule has 0 N–H and O–H groups in total. The van der Waals surface area contributed by atoms with E-state index >= 15 is 0 Å². The van der Waals surface area contributed by atoms with Crippen LogP contribution < -0.4 is 2.85 Å². The fourth-order valence-corrected chi connectivity index (χ4v) is 1.21. The molecule has 1 rings (SSSR count). The molecule has 0 radical (unpaired) electrons. The third-order valence-corrected chi connectivity index (χ3v) is 1.76. The van der Waals surface area contributed by atoms with Crippen LogP contribution in [0.4, 0.5) is 0 Å². The van der Waals surface area contributed by atoms with Crippen LogP contribution in [-0.4, -0.2) is 0 Å². The maximum atomic E-state index is 5.14. The zero-order chi connectivity index (χ0) is 7.56. The third-order valence-electron chi connectivity index (χ3n) is 1.33. The summed E-state index contributed by atoms with van der Waals surface area (Å²) in [6, 6.07) is 6.21. The van der Waals surface area contributed by atoms with Gasteiger partial charge in [-0.2, -0.15) is 0 Å². The van der Waals surface area contributed by atoms with Gasteiger partial charge in [0.1, 0.15) is 0 Å². The summed E-state index contributed by atoms with van der Waals surface area (Å²) < 4.78 is 5.14. The van der Waals surface area contributed by atoms with Crippen LogP contribution in [0.1, 0.15) is 11.1 Å². The van der Waals surface area contributed by atoms with Crippen molar-refractivity contribution in [1.29, 1.82) is 0 Å². The molecule has 0 aliphatic heterocycles. The SMILES string of the molecule is Cc1cc(C)cc([O][Sc])c1. The summed E-state index contributed by atoms with van der Waals surface area (Å²) >= 11 is 1.28.